The summed E-state index contributed by atoms with van der Waals surface area (Å²) in [4.78, 5) is 25.3. The van der Waals surface area contributed by atoms with Crippen LogP contribution in [-0.2, 0) is 24.2 Å². The number of amides is 1. The van der Waals surface area contributed by atoms with E-state index >= 15 is 0 Å². The monoisotopic (exact) mass is 640 g/mol. The second kappa shape index (κ2) is 15.8. The number of anilines is 2. The van der Waals surface area contributed by atoms with Gasteiger partial charge in [0.15, 0.2) is 11.5 Å². The fraction of sp³-hybridized carbons (Fsp3) is 0.357. The van der Waals surface area contributed by atoms with Gasteiger partial charge >= 0.3 is 5.97 Å². The molecule has 11 nitrogen and oxygen atoms in total. The van der Waals surface area contributed by atoms with Crippen molar-refractivity contribution in [2.24, 2.45) is 0 Å². The van der Waals surface area contributed by atoms with Crippen LogP contribution >= 0.6 is 22.9 Å². The molecule has 0 aliphatic rings. The average Bonchev–Trinajstić information content (AvgIpc) is 3.38. The normalized spacial score (nSPS) is 11.2. The van der Waals surface area contributed by atoms with Crippen LogP contribution in [0, 0.1) is 0 Å². The van der Waals surface area contributed by atoms with E-state index in [-0.39, 0.29) is 38.6 Å². The minimum Gasteiger partial charge on any atom is -0.490 e. The summed E-state index contributed by atoms with van der Waals surface area (Å²) in [6, 6.07) is 12.1. The minimum absolute atomic E-state index is 0.0436. The Morgan fingerprint density at radius 1 is 0.952 bits per heavy atom. The number of rotatable bonds is 16. The Labute approximate surface area is 254 Å². The Morgan fingerprint density at radius 3 is 2.38 bits per heavy atom. The summed E-state index contributed by atoms with van der Waals surface area (Å²) < 4.78 is 55.0. The minimum atomic E-state index is -4.23. The van der Waals surface area contributed by atoms with Gasteiger partial charge in [-0.1, -0.05) is 17.7 Å². The molecule has 2 aromatic carbocycles. The molecule has 1 heterocycles. The first kappa shape index (κ1) is 33.1. The zero-order valence-corrected chi connectivity index (χ0v) is 26.1. The van der Waals surface area contributed by atoms with Crippen LogP contribution in [0.5, 0.6) is 11.5 Å². The third kappa shape index (κ3) is 8.58. The highest BCUT2D eigenvalue weighted by Crippen LogP contribution is 2.37. The summed E-state index contributed by atoms with van der Waals surface area (Å²) in [5.74, 6) is -0.448. The molecule has 0 atom stereocenters. The number of hydrogen-bond acceptors (Lipinski definition) is 10. The smallest absolute Gasteiger partial charge is 0.338 e. The Kier molecular flexibility index (Phi) is 12.4. The van der Waals surface area contributed by atoms with E-state index < -0.39 is 21.9 Å². The Balaban J connectivity index is 1.78. The standard InChI is InChI=1S/C28H33ClN2O9S2/c1-5-38-22-11-10-21(17-23(22)39-6-2)31(3)42(34,35)24-18-25(29)41-26(24)27(32)30-20-9-7-8-19(16-20)28(33)40-15-14-37-13-12-36-4/h7-11,16-18H,5-6,12-15H2,1-4H3,(H,30,32). The molecule has 0 saturated heterocycles. The van der Waals surface area contributed by atoms with E-state index in [0.717, 1.165) is 15.6 Å². The molecule has 0 aliphatic carbocycles. The predicted octanol–water partition coefficient (Wildman–Crippen LogP) is 5.10. The topological polar surface area (TPSA) is 130 Å². The van der Waals surface area contributed by atoms with Crippen molar-refractivity contribution in [2.75, 3.05) is 63.4 Å². The molecule has 0 saturated carbocycles. The van der Waals surface area contributed by atoms with Crippen molar-refractivity contribution in [3.8, 4) is 11.5 Å². The molecule has 0 fully saturated rings. The lowest BCUT2D eigenvalue weighted by Gasteiger charge is -2.21. The van der Waals surface area contributed by atoms with Gasteiger partial charge in [-0.2, -0.15) is 0 Å². The van der Waals surface area contributed by atoms with Crippen molar-refractivity contribution < 1.29 is 41.7 Å². The van der Waals surface area contributed by atoms with Gasteiger partial charge in [-0.25, -0.2) is 13.2 Å². The Hall–Kier alpha value is -3.36. The van der Waals surface area contributed by atoms with Gasteiger partial charge in [0.05, 0.1) is 48.6 Å². The van der Waals surface area contributed by atoms with E-state index in [1.165, 1.54) is 25.2 Å². The molecule has 1 amide bonds. The molecule has 42 heavy (non-hydrogen) atoms. The second-order valence-electron chi connectivity index (χ2n) is 8.49. The molecule has 0 radical (unpaired) electrons. The first-order valence-electron chi connectivity index (χ1n) is 12.9. The van der Waals surface area contributed by atoms with Crippen molar-refractivity contribution in [1.29, 1.82) is 0 Å². The molecule has 1 N–H and O–H groups in total. The molecule has 3 rings (SSSR count). The van der Waals surface area contributed by atoms with Crippen LogP contribution in [-0.4, -0.2) is 74.1 Å². The van der Waals surface area contributed by atoms with Gasteiger partial charge in [0.1, 0.15) is 16.4 Å². The number of carbonyl (C=O) groups is 2. The molecule has 14 heteroatoms. The number of benzene rings is 2. The van der Waals surface area contributed by atoms with E-state index in [9.17, 15) is 18.0 Å². The molecule has 0 spiro atoms. The summed E-state index contributed by atoms with van der Waals surface area (Å²) in [5.41, 5.74) is 0.757. The lowest BCUT2D eigenvalue weighted by molar-refractivity contribution is 0.0213. The van der Waals surface area contributed by atoms with E-state index in [1.54, 1.807) is 44.4 Å². The number of sulfonamides is 1. The van der Waals surface area contributed by atoms with E-state index in [4.69, 9.17) is 35.3 Å². The van der Waals surface area contributed by atoms with Gasteiger partial charge < -0.3 is 29.0 Å². The van der Waals surface area contributed by atoms with E-state index in [0.29, 0.717) is 43.6 Å². The number of methoxy groups -OCH3 is 1. The van der Waals surface area contributed by atoms with Crippen LogP contribution in [0.3, 0.4) is 0 Å². The SMILES string of the molecule is CCOc1ccc(N(C)S(=O)(=O)c2cc(Cl)sc2C(=O)Nc2cccc(C(=O)OCCOCCOC)c2)cc1OCC. The van der Waals surface area contributed by atoms with Gasteiger partial charge in [-0.15, -0.1) is 11.3 Å². The van der Waals surface area contributed by atoms with Crippen LogP contribution in [0.4, 0.5) is 11.4 Å². The maximum atomic E-state index is 13.7. The summed E-state index contributed by atoms with van der Waals surface area (Å²) in [6.07, 6.45) is 0. The van der Waals surface area contributed by atoms with E-state index in [2.05, 4.69) is 5.32 Å². The molecule has 0 unspecified atom stereocenters. The summed E-state index contributed by atoms with van der Waals surface area (Å²) in [5, 5.41) is 2.64. The van der Waals surface area contributed by atoms with Crippen molar-refractivity contribution in [1.82, 2.24) is 0 Å². The molecular formula is C28H33ClN2O9S2. The summed E-state index contributed by atoms with van der Waals surface area (Å²) >= 11 is 7.01. The van der Waals surface area contributed by atoms with Crippen LogP contribution in [0.25, 0.3) is 0 Å². The third-order valence-electron chi connectivity index (χ3n) is 5.65. The lowest BCUT2D eigenvalue weighted by Crippen LogP contribution is -2.28. The Bertz CT molecular complexity index is 1480. The van der Waals surface area contributed by atoms with Crippen molar-refractivity contribution in [3.05, 3.63) is 63.3 Å². The molecule has 0 aliphatic heterocycles. The Morgan fingerprint density at radius 2 is 1.67 bits per heavy atom. The molecule has 228 valence electrons. The molecule has 0 bridgehead atoms. The number of nitrogens with one attached hydrogen (secondary N) is 1. The predicted molar refractivity (Wildman–Crippen MR) is 161 cm³/mol. The molecule has 1 aromatic heterocycles. The highest BCUT2D eigenvalue weighted by atomic mass is 35.5. The number of ether oxygens (including phenoxy) is 5. The van der Waals surface area contributed by atoms with Gasteiger partial charge in [0.25, 0.3) is 15.9 Å². The fourth-order valence-electron chi connectivity index (χ4n) is 3.65. The maximum absolute atomic E-state index is 13.7. The van der Waals surface area contributed by atoms with Gasteiger partial charge in [0, 0.05) is 25.9 Å². The van der Waals surface area contributed by atoms with Gasteiger partial charge in [0.2, 0.25) is 0 Å². The highest BCUT2D eigenvalue weighted by molar-refractivity contribution is 7.93. The number of halogens is 1. The van der Waals surface area contributed by atoms with Crippen molar-refractivity contribution >= 4 is 56.2 Å². The van der Waals surface area contributed by atoms with Gasteiger partial charge in [-0.05, 0) is 50.2 Å². The molecular weight excluding hydrogens is 608 g/mol. The zero-order valence-electron chi connectivity index (χ0n) is 23.7. The third-order valence-corrected chi connectivity index (χ3v) is 8.85. The van der Waals surface area contributed by atoms with Crippen LogP contribution in [0.1, 0.15) is 33.9 Å². The average molecular weight is 641 g/mol. The summed E-state index contributed by atoms with van der Waals surface area (Å²) in [6.45, 7) is 5.46. The van der Waals surface area contributed by atoms with Crippen LogP contribution in [0.2, 0.25) is 4.34 Å². The number of thiophene rings is 1. The van der Waals surface area contributed by atoms with E-state index in [1.807, 2.05) is 6.92 Å². The zero-order chi connectivity index (χ0) is 30.7. The maximum Gasteiger partial charge on any atom is 0.338 e. The highest BCUT2D eigenvalue weighted by Gasteiger charge is 2.30. The second-order valence-corrected chi connectivity index (χ2v) is 12.1. The van der Waals surface area contributed by atoms with Crippen molar-refractivity contribution in [3.63, 3.8) is 0 Å². The number of hydrogen-bond donors (Lipinski definition) is 1. The van der Waals surface area contributed by atoms with Crippen molar-refractivity contribution in [2.45, 2.75) is 18.7 Å². The van der Waals surface area contributed by atoms with Gasteiger partial charge in [-0.3, -0.25) is 9.10 Å². The first-order valence-corrected chi connectivity index (χ1v) is 15.6. The summed E-state index contributed by atoms with van der Waals surface area (Å²) in [7, 11) is -1.30. The quantitative estimate of drug-likeness (QED) is 0.168. The first-order chi connectivity index (χ1) is 20.1. The number of esters is 1. The number of nitrogens with zero attached hydrogens (tertiary/aromatic N) is 1. The van der Waals surface area contributed by atoms with Crippen LogP contribution in [0.15, 0.2) is 53.4 Å². The van der Waals surface area contributed by atoms with Crippen LogP contribution < -0.4 is 19.1 Å². The fourth-order valence-corrected chi connectivity index (χ4v) is 6.53. The number of carbonyl (C=O) groups excluding carboxylic acids is 2. The molecule has 3 aromatic rings. The lowest BCUT2D eigenvalue weighted by atomic mass is 10.2. The largest absolute Gasteiger partial charge is 0.490 e.